The van der Waals surface area contributed by atoms with E-state index in [4.69, 9.17) is 9.72 Å². The predicted octanol–water partition coefficient (Wildman–Crippen LogP) is 3.60. The van der Waals surface area contributed by atoms with Gasteiger partial charge >= 0.3 is 6.09 Å². The molecule has 8 heteroatoms. The first-order chi connectivity index (χ1) is 13.9. The van der Waals surface area contributed by atoms with E-state index in [9.17, 15) is 4.79 Å². The normalized spacial score (nSPS) is 16.9. The van der Waals surface area contributed by atoms with Crippen LogP contribution in [-0.4, -0.2) is 55.3 Å². The van der Waals surface area contributed by atoms with E-state index in [0.29, 0.717) is 6.54 Å². The number of ether oxygens (including phenoxy) is 1. The Labute approximate surface area is 169 Å². The minimum atomic E-state index is -0.490. The fraction of sp³-hybridized carbons (Fsp3) is 0.429. The van der Waals surface area contributed by atoms with Gasteiger partial charge in [-0.2, -0.15) is 5.10 Å². The molecule has 0 aliphatic carbocycles. The maximum atomic E-state index is 12.5. The molecular formula is C21H26N6O2. The lowest BCUT2D eigenvalue weighted by Crippen LogP contribution is -2.42. The first-order valence-corrected chi connectivity index (χ1v) is 9.89. The molecule has 29 heavy (non-hydrogen) atoms. The van der Waals surface area contributed by atoms with E-state index < -0.39 is 5.60 Å². The summed E-state index contributed by atoms with van der Waals surface area (Å²) in [7, 11) is 0. The van der Waals surface area contributed by atoms with E-state index in [1.165, 1.54) is 0 Å². The first kappa shape index (κ1) is 19.2. The van der Waals surface area contributed by atoms with Crippen LogP contribution in [0.4, 0.5) is 10.6 Å². The van der Waals surface area contributed by atoms with Gasteiger partial charge in [-0.05, 0) is 57.4 Å². The first-order valence-electron chi connectivity index (χ1n) is 9.89. The van der Waals surface area contributed by atoms with Crippen LogP contribution >= 0.6 is 0 Å². The SMILES string of the molecule is CC(C)(C)OC(=O)N1CCC[C@H]1CNc1ccn2ncc(-c3ccncc3)c2n1. The van der Waals surface area contributed by atoms with Crippen molar-refractivity contribution < 1.29 is 9.53 Å². The summed E-state index contributed by atoms with van der Waals surface area (Å²) in [4.78, 5) is 23.1. The topological polar surface area (TPSA) is 84.7 Å². The third kappa shape index (κ3) is 4.31. The van der Waals surface area contributed by atoms with Gasteiger partial charge in [0.2, 0.25) is 0 Å². The number of amides is 1. The molecule has 1 atom stereocenters. The highest BCUT2D eigenvalue weighted by Crippen LogP contribution is 2.24. The average molecular weight is 394 g/mol. The van der Waals surface area contributed by atoms with E-state index in [2.05, 4.69) is 15.4 Å². The number of likely N-dealkylation sites (tertiary alicyclic amines) is 1. The van der Waals surface area contributed by atoms with Crippen molar-refractivity contribution in [2.75, 3.05) is 18.4 Å². The van der Waals surface area contributed by atoms with Crippen molar-refractivity contribution in [1.29, 1.82) is 0 Å². The van der Waals surface area contributed by atoms with Crippen molar-refractivity contribution in [1.82, 2.24) is 24.5 Å². The monoisotopic (exact) mass is 394 g/mol. The van der Waals surface area contributed by atoms with Crippen LogP contribution in [0.3, 0.4) is 0 Å². The fourth-order valence-electron chi connectivity index (χ4n) is 3.53. The predicted molar refractivity (Wildman–Crippen MR) is 111 cm³/mol. The lowest BCUT2D eigenvalue weighted by molar-refractivity contribution is 0.0235. The molecule has 4 heterocycles. The van der Waals surface area contributed by atoms with E-state index in [1.54, 1.807) is 16.9 Å². The second-order valence-electron chi connectivity index (χ2n) is 8.23. The number of pyridine rings is 1. The summed E-state index contributed by atoms with van der Waals surface area (Å²) in [5.41, 5.74) is 2.26. The number of fused-ring (bicyclic) bond motifs is 1. The number of hydrogen-bond donors (Lipinski definition) is 1. The Kier molecular flexibility index (Phi) is 5.08. The number of nitrogens with one attached hydrogen (secondary N) is 1. The molecule has 152 valence electrons. The number of rotatable bonds is 4. The second kappa shape index (κ2) is 7.69. The Bertz CT molecular complexity index is 995. The molecule has 0 bridgehead atoms. The molecule has 0 spiro atoms. The van der Waals surface area contributed by atoms with E-state index in [0.717, 1.165) is 42.0 Å². The average Bonchev–Trinajstić information content (AvgIpc) is 3.32. The molecule has 0 unspecified atom stereocenters. The maximum absolute atomic E-state index is 12.5. The summed E-state index contributed by atoms with van der Waals surface area (Å²) < 4.78 is 7.30. The van der Waals surface area contributed by atoms with Crippen molar-refractivity contribution in [3.63, 3.8) is 0 Å². The van der Waals surface area contributed by atoms with Crippen molar-refractivity contribution in [2.45, 2.75) is 45.3 Å². The number of aromatic nitrogens is 4. The van der Waals surface area contributed by atoms with Gasteiger partial charge in [0.05, 0.1) is 12.2 Å². The smallest absolute Gasteiger partial charge is 0.410 e. The lowest BCUT2D eigenvalue weighted by atomic mass is 10.1. The minimum Gasteiger partial charge on any atom is -0.444 e. The number of nitrogens with zero attached hydrogens (tertiary/aromatic N) is 5. The number of carbonyl (C=O) groups excluding carboxylic acids is 1. The largest absolute Gasteiger partial charge is 0.444 e. The third-order valence-corrected chi connectivity index (χ3v) is 4.88. The molecule has 1 N–H and O–H groups in total. The van der Waals surface area contributed by atoms with Crippen LogP contribution in [0.1, 0.15) is 33.6 Å². The van der Waals surface area contributed by atoms with Crippen LogP contribution in [-0.2, 0) is 4.74 Å². The highest BCUT2D eigenvalue weighted by atomic mass is 16.6. The number of anilines is 1. The van der Waals surface area contributed by atoms with Gasteiger partial charge in [0.25, 0.3) is 0 Å². The zero-order valence-corrected chi connectivity index (χ0v) is 17.0. The van der Waals surface area contributed by atoms with Crippen molar-refractivity contribution in [3.8, 4) is 11.1 Å². The molecule has 0 aromatic carbocycles. The summed E-state index contributed by atoms with van der Waals surface area (Å²) in [5.74, 6) is 0.754. The fourth-order valence-corrected chi connectivity index (χ4v) is 3.53. The van der Waals surface area contributed by atoms with E-state index in [-0.39, 0.29) is 12.1 Å². The van der Waals surface area contributed by atoms with Gasteiger partial charge in [0, 0.05) is 37.2 Å². The van der Waals surface area contributed by atoms with E-state index in [1.807, 2.05) is 56.3 Å². The standard InChI is InChI=1S/C21H26N6O2/c1-21(2,3)29-20(28)26-11-4-5-16(26)13-23-18-8-12-27-19(25-18)17(14-24-27)15-6-9-22-10-7-15/h6-10,12,14,16H,4-5,11,13H2,1-3H3,(H,23,25)/t16-/m0/s1. The Morgan fingerprint density at radius 1 is 1.28 bits per heavy atom. The van der Waals surface area contributed by atoms with Crippen LogP contribution in [0.5, 0.6) is 0 Å². The van der Waals surface area contributed by atoms with Crippen molar-refractivity contribution in [2.24, 2.45) is 0 Å². The van der Waals surface area contributed by atoms with Crippen LogP contribution in [0.15, 0.2) is 43.0 Å². The number of carbonyl (C=O) groups is 1. The maximum Gasteiger partial charge on any atom is 0.410 e. The summed E-state index contributed by atoms with van der Waals surface area (Å²) in [6.45, 7) is 7.02. The van der Waals surface area contributed by atoms with Crippen LogP contribution in [0, 0.1) is 0 Å². The van der Waals surface area contributed by atoms with Crippen LogP contribution < -0.4 is 5.32 Å². The molecule has 8 nitrogen and oxygen atoms in total. The molecular weight excluding hydrogens is 368 g/mol. The molecule has 4 rings (SSSR count). The van der Waals surface area contributed by atoms with E-state index >= 15 is 0 Å². The highest BCUT2D eigenvalue weighted by molar-refractivity contribution is 5.77. The minimum absolute atomic E-state index is 0.0902. The van der Waals surface area contributed by atoms with Gasteiger partial charge in [0.1, 0.15) is 11.4 Å². The molecule has 1 aliphatic rings. The van der Waals surface area contributed by atoms with Gasteiger partial charge in [-0.15, -0.1) is 0 Å². The summed E-state index contributed by atoms with van der Waals surface area (Å²) in [5, 5.41) is 7.76. The summed E-state index contributed by atoms with van der Waals surface area (Å²) in [6.07, 6.45) is 8.88. The Morgan fingerprint density at radius 3 is 2.83 bits per heavy atom. The number of hydrogen-bond acceptors (Lipinski definition) is 6. The third-order valence-electron chi connectivity index (χ3n) is 4.88. The Balaban J connectivity index is 1.48. The zero-order chi connectivity index (χ0) is 20.4. The molecule has 1 amide bonds. The Hall–Kier alpha value is -3.16. The Morgan fingerprint density at radius 2 is 2.07 bits per heavy atom. The molecule has 1 aliphatic heterocycles. The molecule has 0 radical (unpaired) electrons. The van der Waals surface area contributed by atoms with Gasteiger partial charge in [-0.1, -0.05) is 0 Å². The van der Waals surface area contributed by atoms with Gasteiger partial charge in [-0.25, -0.2) is 14.3 Å². The summed E-state index contributed by atoms with van der Waals surface area (Å²) in [6, 6.07) is 5.86. The van der Waals surface area contributed by atoms with Crippen molar-refractivity contribution in [3.05, 3.63) is 43.0 Å². The lowest BCUT2D eigenvalue weighted by Gasteiger charge is -2.28. The molecule has 3 aromatic heterocycles. The molecule has 3 aromatic rings. The van der Waals surface area contributed by atoms with Gasteiger partial charge < -0.3 is 15.0 Å². The summed E-state index contributed by atoms with van der Waals surface area (Å²) >= 11 is 0. The highest BCUT2D eigenvalue weighted by Gasteiger charge is 2.32. The van der Waals surface area contributed by atoms with Gasteiger partial charge in [0.15, 0.2) is 5.65 Å². The van der Waals surface area contributed by atoms with Gasteiger partial charge in [-0.3, -0.25) is 4.98 Å². The zero-order valence-electron chi connectivity index (χ0n) is 17.0. The van der Waals surface area contributed by atoms with Crippen molar-refractivity contribution >= 4 is 17.6 Å². The molecule has 1 fully saturated rings. The molecule has 0 saturated carbocycles. The van der Waals surface area contributed by atoms with Crippen LogP contribution in [0.25, 0.3) is 16.8 Å². The molecule has 1 saturated heterocycles. The second-order valence-corrected chi connectivity index (χ2v) is 8.23. The van der Waals surface area contributed by atoms with Crippen LogP contribution in [0.2, 0.25) is 0 Å². The quantitative estimate of drug-likeness (QED) is 0.728.